The number of aromatic carboxylic acids is 1. The van der Waals surface area contributed by atoms with Gasteiger partial charge in [0, 0.05) is 6.07 Å². The van der Waals surface area contributed by atoms with Gasteiger partial charge in [0.05, 0.1) is 22.2 Å². The van der Waals surface area contributed by atoms with Crippen LogP contribution in [0.4, 0.5) is 5.69 Å². The number of hydrogen-bond acceptors (Lipinski definition) is 7. The molecule has 0 unspecified atom stereocenters. The van der Waals surface area contributed by atoms with Crippen LogP contribution in [-0.4, -0.2) is 36.2 Å². The van der Waals surface area contributed by atoms with Gasteiger partial charge in [0.2, 0.25) is 0 Å². The molecule has 3 rings (SSSR count). The number of carbonyl (C=O) groups is 1. The molecule has 0 aliphatic heterocycles. The number of tetrazole rings is 1. The van der Waals surface area contributed by atoms with E-state index in [0.29, 0.717) is 5.69 Å². The number of nitro benzene ring substituents is 1. The quantitative estimate of drug-likeness (QED) is 0.556. The predicted octanol–water partition coefficient (Wildman–Crippen LogP) is 2.06. The summed E-state index contributed by atoms with van der Waals surface area (Å²) in [5, 5.41) is 30.7. The number of ether oxygens (including phenoxy) is 1. The number of aromatic nitrogens is 4. The van der Waals surface area contributed by atoms with Crippen LogP contribution in [0, 0.1) is 10.1 Å². The highest BCUT2D eigenvalue weighted by Crippen LogP contribution is 2.24. The highest BCUT2D eigenvalue weighted by molar-refractivity contribution is 5.87. The Hall–Kier alpha value is -3.82. The number of hydrogen-bond donors (Lipinski definition) is 1. The van der Waals surface area contributed by atoms with Crippen LogP contribution in [0.3, 0.4) is 0 Å². The molecule has 0 aliphatic carbocycles. The minimum absolute atomic E-state index is 0.0152. The molecule has 1 aromatic heterocycles. The van der Waals surface area contributed by atoms with Crippen LogP contribution in [0.2, 0.25) is 0 Å². The van der Waals surface area contributed by atoms with E-state index >= 15 is 0 Å². The number of rotatable bonds is 5. The maximum Gasteiger partial charge on any atom is 0.345 e. The molecule has 1 heterocycles. The van der Waals surface area contributed by atoms with Crippen molar-refractivity contribution in [1.29, 1.82) is 0 Å². The van der Waals surface area contributed by atoms with Gasteiger partial charge in [0.1, 0.15) is 5.75 Å². The minimum atomic E-state index is -1.05. The molecule has 10 nitrogen and oxygen atoms in total. The second-order valence-corrected chi connectivity index (χ2v) is 4.58. The van der Waals surface area contributed by atoms with Crippen LogP contribution in [0.15, 0.2) is 48.5 Å². The van der Waals surface area contributed by atoms with Crippen molar-refractivity contribution in [3.8, 4) is 17.4 Å². The molecule has 0 atom stereocenters. The van der Waals surface area contributed by atoms with Crippen molar-refractivity contribution < 1.29 is 19.6 Å². The minimum Gasteiger partial charge on any atom is -0.478 e. The van der Waals surface area contributed by atoms with Crippen LogP contribution in [0.1, 0.15) is 10.4 Å². The molecule has 120 valence electrons. The Morgan fingerprint density at radius 1 is 1.21 bits per heavy atom. The Labute approximate surface area is 134 Å². The van der Waals surface area contributed by atoms with Gasteiger partial charge in [-0.05, 0) is 40.8 Å². The van der Waals surface area contributed by atoms with Crippen molar-refractivity contribution in [3.63, 3.8) is 0 Å². The van der Waals surface area contributed by atoms with Gasteiger partial charge in [-0.15, -0.1) is 0 Å². The van der Waals surface area contributed by atoms with E-state index in [2.05, 4.69) is 15.5 Å². The summed E-state index contributed by atoms with van der Waals surface area (Å²) >= 11 is 0. The first kappa shape index (κ1) is 15.1. The van der Waals surface area contributed by atoms with Gasteiger partial charge >= 0.3 is 12.0 Å². The van der Waals surface area contributed by atoms with Crippen molar-refractivity contribution >= 4 is 11.7 Å². The van der Waals surface area contributed by atoms with Crippen molar-refractivity contribution in [3.05, 3.63) is 64.2 Å². The smallest absolute Gasteiger partial charge is 0.345 e. The summed E-state index contributed by atoms with van der Waals surface area (Å²) < 4.78 is 6.72. The molecule has 0 amide bonds. The van der Waals surface area contributed by atoms with Crippen molar-refractivity contribution in [2.24, 2.45) is 0 Å². The Bertz CT molecular complexity index is 906. The van der Waals surface area contributed by atoms with Crippen molar-refractivity contribution in [2.75, 3.05) is 0 Å². The first-order chi connectivity index (χ1) is 11.5. The fourth-order valence-corrected chi connectivity index (χ4v) is 1.92. The summed E-state index contributed by atoms with van der Waals surface area (Å²) in [6.07, 6.45) is 0. The van der Waals surface area contributed by atoms with Crippen LogP contribution in [0.5, 0.6) is 11.8 Å². The van der Waals surface area contributed by atoms with E-state index in [1.165, 1.54) is 53.2 Å². The third kappa shape index (κ3) is 3.02. The summed E-state index contributed by atoms with van der Waals surface area (Å²) in [5.74, 6) is -0.853. The molecule has 24 heavy (non-hydrogen) atoms. The van der Waals surface area contributed by atoms with E-state index in [1.807, 2.05) is 0 Å². The zero-order chi connectivity index (χ0) is 17.1. The molecule has 0 radical (unpaired) electrons. The average Bonchev–Trinajstić information content (AvgIpc) is 3.03. The lowest BCUT2D eigenvalue weighted by atomic mass is 10.2. The Morgan fingerprint density at radius 3 is 2.62 bits per heavy atom. The Morgan fingerprint density at radius 2 is 1.96 bits per heavy atom. The van der Waals surface area contributed by atoms with Crippen LogP contribution < -0.4 is 4.74 Å². The van der Waals surface area contributed by atoms with Gasteiger partial charge in [-0.25, -0.2) is 4.79 Å². The zero-order valence-corrected chi connectivity index (χ0v) is 11.9. The maximum atomic E-state index is 10.9. The third-order valence-corrected chi connectivity index (χ3v) is 3.04. The molecule has 2 aromatic carbocycles. The normalized spacial score (nSPS) is 10.3. The summed E-state index contributed by atoms with van der Waals surface area (Å²) in [6, 6.07) is 11.4. The van der Waals surface area contributed by atoms with Gasteiger partial charge in [-0.1, -0.05) is 11.2 Å². The van der Waals surface area contributed by atoms with Gasteiger partial charge in [0.25, 0.3) is 5.69 Å². The molecule has 0 saturated heterocycles. The number of nitro groups is 1. The molecule has 10 heteroatoms. The van der Waals surface area contributed by atoms with Crippen molar-refractivity contribution in [2.45, 2.75) is 0 Å². The fourth-order valence-electron chi connectivity index (χ4n) is 1.92. The van der Waals surface area contributed by atoms with Crippen LogP contribution >= 0.6 is 0 Å². The Balaban J connectivity index is 1.89. The summed E-state index contributed by atoms with van der Waals surface area (Å²) in [4.78, 5) is 21.1. The van der Waals surface area contributed by atoms with E-state index in [4.69, 9.17) is 9.84 Å². The summed E-state index contributed by atoms with van der Waals surface area (Å²) in [5.41, 5.74) is 0.468. The van der Waals surface area contributed by atoms with E-state index in [1.54, 1.807) is 0 Å². The zero-order valence-electron chi connectivity index (χ0n) is 11.9. The second-order valence-electron chi connectivity index (χ2n) is 4.58. The van der Waals surface area contributed by atoms with Crippen LogP contribution in [-0.2, 0) is 0 Å². The number of nitrogens with zero attached hydrogens (tertiary/aromatic N) is 5. The summed E-state index contributed by atoms with van der Waals surface area (Å²) in [6.45, 7) is 0. The second kappa shape index (κ2) is 6.12. The molecule has 0 spiro atoms. The number of carboxylic acid groups (broad SMARTS) is 1. The van der Waals surface area contributed by atoms with E-state index in [9.17, 15) is 14.9 Å². The van der Waals surface area contributed by atoms with Gasteiger partial charge < -0.3 is 9.84 Å². The van der Waals surface area contributed by atoms with Gasteiger partial charge in [0.15, 0.2) is 0 Å². The van der Waals surface area contributed by atoms with Gasteiger partial charge in [-0.2, -0.15) is 4.68 Å². The molecular formula is C14H9N5O5. The fraction of sp³-hybridized carbons (Fsp3) is 0. The first-order valence-corrected chi connectivity index (χ1v) is 6.59. The number of benzene rings is 2. The molecule has 0 bridgehead atoms. The largest absolute Gasteiger partial charge is 0.478 e. The SMILES string of the molecule is O=C(O)c1ccc(-n2nnnc2Oc2cccc([N+](=O)[O-])c2)cc1. The summed E-state index contributed by atoms with van der Waals surface area (Å²) in [7, 11) is 0. The molecule has 1 N–H and O–H groups in total. The molecule has 3 aromatic rings. The van der Waals surface area contributed by atoms with Crippen LogP contribution in [0.25, 0.3) is 5.69 Å². The molecule has 0 aliphatic rings. The van der Waals surface area contributed by atoms with Gasteiger partial charge in [-0.3, -0.25) is 10.1 Å². The highest BCUT2D eigenvalue weighted by Gasteiger charge is 2.13. The lowest BCUT2D eigenvalue weighted by Crippen LogP contribution is -2.02. The van der Waals surface area contributed by atoms with Crippen molar-refractivity contribution in [1.82, 2.24) is 20.2 Å². The maximum absolute atomic E-state index is 10.9. The molecule has 0 saturated carbocycles. The van der Waals surface area contributed by atoms with E-state index < -0.39 is 10.9 Å². The lowest BCUT2D eigenvalue weighted by Gasteiger charge is -2.06. The van der Waals surface area contributed by atoms with E-state index in [-0.39, 0.29) is 23.0 Å². The monoisotopic (exact) mass is 327 g/mol. The Kier molecular flexibility index (Phi) is 3.85. The topological polar surface area (TPSA) is 133 Å². The number of carboxylic acids is 1. The third-order valence-electron chi connectivity index (χ3n) is 3.04. The standard InChI is InChI=1S/C14H9N5O5/c20-13(21)9-4-6-10(7-5-9)18-14(15-16-17-18)24-12-3-1-2-11(8-12)19(22)23/h1-8H,(H,20,21). The predicted molar refractivity (Wildman–Crippen MR) is 79.3 cm³/mol. The highest BCUT2D eigenvalue weighted by atomic mass is 16.6. The lowest BCUT2D eigenvalue weighted by molar-refractivity contribution is -0.384. The molecule has 0 fully saturated rings. The molecular weight excluding hydrogens is 318 g/mol. The first-order valence-electron chi connectivity index (χ1n) is 6.59. The van der Waals surface area contributed by atoms with E-state index in [0.717, 1.165) is 0 Å². The number of non-ortho nitro benzene ring substituents is 1. The average molecular weight is 327 g/mol.